The zero-order valence-electron chi connectivity index (χ0n) is 14.1. The third kappa shape index (κ3) is 4.75. The molecule has 0 fully saturated rings. The minimum atomic E-state index is -1.14. The Morgan fingerprint density at radius 2 is 1.75 bits per heavy atom. The average Bonchev–Trinajstić information content (AvgIpc) is 3.08. The summed E-state index contributed by atoms with van der Waals surface area (Å²) in [4.78, 5) is 23.0. The first-order valence-corrected chi connectivity index (χ1v) is 9.04. The summed E-state index contributed by atoms with van der Waals surface area (Å²) in [6.07, 6.45) is 2.78. The predicted molar refractivity (Wildman–Crippen MR) is 110 cm³/mol. The molecule has 2 aromatic carbocycles. The zero-order valence-corrected chi connectivity index (χ0v) is 16.3. The molecule has 0 atom stereocenters. The second-order valence-electron chi connectivity index (χ2n) is 5.65. The number of carboxylic acid groups (broad SMARTS) is 1. The van der Waals surface area contributed by atoms with Gasteiger partial charge in [0, 0.05) is 22.3 Å². The third-order valence-corrected chi connectivity index (χ3v) is 4.55. The van der Waals surface area contributed by atoms with Crippen LogP contribution in [-0.4, -0.2) is 17.0 Å². The van der Waals surface area contributed by atoms with Gasteiger partial charge in [-0.2, -0.15) is 0 Å². The van der Waals surface area contributed by atoms with Crippen LogP contribution in [0, 0.1) is 0 Å². The fourth-order valence-electron chi connectivity index (χ4n) is 2.38. The lowest BCUT2D eigenvalue weighted by Gasteiger charge is -2.04. The van der Waals surface area contributed by atoms with E-state index in [4.69, 9.17) is 44.3 Å². The summed E-state index contributed by atoms with van der Waals surface area (Å²) >= 11 is 17.9. The highest BCUT2D eigenvalue weighted by Gasteiger charge is 2.10. The minimum Gasteiger partial charge on any atom is -0.478 e. The molecule has 0 radical (unpaired) electrons. The van der Waals surface area contributed by atoms with Gasteiger partial charge in [0.25, 0.3) is 0 Å². The molecular weight excluding hydrogens is 425 g/mol. The molecule has 5 nitrogen and oxygen atoms in total. The van der Waals surface area contributed by atoms with Crippen molar-refractivity contribution in [3.05, 3.63) is 81.0 Å². The Kier molecular flexibility index (Phi) is 6.09. The first-order valence-electron chi connectivity index (χ1n) is 7.90. The highest BCUT2D eigenvalue weighted by atomic mass is 35.5. The van der Waals surface area contributed by atoms with Crippen molar-refractivity contribution < 1.29 is 19.1 Å². The van der Waals surface area contributed by atoms with E-state index in [0.29, 0.717) is 32.8 Å². The molecule has 0 aliphatic carbocycles. The predicted octanol–water partition coefficient (Wildman–Crippen LogP) is 6.26. The number of carboxylic acids is 1. The summed E-state index contributed by atoms with van der Waals surface area (Å²) in [5.74, 6) is -0.577. The number of carbonyl (C=O) groups is 2. The SMILES string of the molecule is O=C(/C=C/c1ccc(-c2ccc(Cl)cc2Cl)o1)Nc1ccc(C(=O)O)c(Cl)c1. The molecule has 1 heterocycles. The number of anilines is 1. The van der Waals surface area contributed by atoms with E-state index in [1.807, 2.05) is 0 Å². The number of furan rings is 1. The molecule has 0 spiro atoms. The van der Waals surface area contributed by atoms with Crippen LogP contribution in [0.2, 0.25) is 15.1 Å². The summed E-state index contributed by atoms with van der Waals surface area (Å²) in [5.41, 5.74) is 1.01. The topological polar surface area (TPSA) is 79.5 Å². The van der Waals surface area contributed by atoms with E-state index in [1.165, 1.54) is 30.4 Å². The van der Waals surface area contributed by atoms with Crippen molar-refractivity contribution in [2.75, 3.05) is 5.32 Å². The molecule has 1 aromatic heterocycles. The number of rotatable bonds is 5. The molecule has 2 N–H and O–H groups in total. The summed E-state index contributed by atoms with van der Waals surface area (Å²) < 4.78 is 5.67. The molecule has 142 valence electrons. The summed E-state index contributed by atoms with van der Waals surface area (Å²) in [6, 6.07) is 12.6. The first-order chi connectivity index (χ1) is 13.3. The Labute approximate surface area is 175 Å². The Balaban J connectivity index is 1.69. The molecule has 8 heteroatoms. The number of hydrogen-bond donors (Lipinski definition) is 2. The van der Waals surface area contributed by atoms with Crippen LogP contribution in [-0.2, 0) is 4.79 Å². The van der Waals surface area contributed by atoms with Crippen molar-refractivity contribution in [3.63, 3.8) is 0 Å². The maximum Gasteiger partial charge on any atom is 0.337 e. The number of nitrogens with one attached hydrogen (secondary N) is 1. The molecule has 0 bridgehead atoms. The van der Waals surface area contributed by atoms with Gasteiger partial charge in [0.05, 0.1) is 15.6 Å². The molecule has 0 aliphatic rings. The first kappa shape index (κ1) is 20.0. The maximum absolute atomic E-state index is 12.0. The fraction of sp³-hybridized carbons (Fsp3) is 0. The van der Waals surface area contributed by atoms with Crippen molar-refractivity contribution in [3.8, 4) is 11.3 Å². The van der Waals surface area contributed by atoms with Crippen LogP contribution < -0.4 is 5.32 Å². The fourth-order valence-corrected chi connectivity index (χ4v) is 3.15. The number of benzene rings is 2. The Hall–Kier alpha value is -2.73. The molecule has 3 aromatic rings. The number of carbonyl (C=O) groups excluding carboxylic acids is 1. The number of amides is 1. The lowest BCUT2D eigenvalue weighted by atomic mass is 10.2. The van der Waals surface area contributed by atoms with Gasteiger partial charge < -0.3 is 14.8 Å². The molecule has 3 rings (SSSR count). The van der Waals surface area contributed by atoms with Crippen LogP contribution in [0.25, 0.3) is 17.4 Å². The van der Waals surface area contributed by atoms with Gasteiger partial charge in [-0.1, -0.05) is 34.8 Å². The molecule has 0 saturated heterocycles. The van der Waals surface area contributed by atoms with E-state index in [2.05, 4.69) is 5.32 Å². The highest BCUT2D eigenvalue weighted by Crippen LogP contribution is 2.31. The van der Waals surface area contributed by atoms with Crippen molar-refractivity contribution in [1.29, 1.82) is 0 Å². The van der Waals surface area contributed by atoms with Crippen LogP contribution >= 0.6 is 34.8 Å². The van der Waals surface area contributed by atoms with E-state index in [-0.39, 0.29) is 10.6 Å². The molecule has 28 heavy (non-hydrogen) atoms. The van der Waals surface area contributed by atoms with E-state index in [9.17, 15) is 9.59 Å². The summed E-state index contributed by atoms with van der Waals surface area (Å²) in [7, 11) is 0. The van der Waals surface area contributed by atoms with Crippen LogP contribution in [0.3, 0.4) is 0 Å². The van der Waals surface area contributed by atoms with Crippen LogP contribution in [0.5, 0.6) is 0 Å². The molecule has 0 saturated carbocycles. The van der Waals surface area contributed by atoms with Crippen molar-refractivity contribution in [2.24, 2.45) is 0 Å². The smallest absolute Gasteiger partial charge is 0.337 e. The van der Waals surface area contributed by atoms with E-state index in [1.54, 1.807) is 30.3 Å². The Morgan fingerprint density at radius 1 is 0.964 bits per heavy atom. The Bertz CT molecular complexity index is 1090. The zero-order chi connectivity index (χ0) is 20.3. The van der Waals surface area contributed by atoms with Crippen LogP contribution in [0.4, 0.5) is 5.69 Å². The minimum absolute atomic E-state index is 0.0322. The second kappa shape index (κ2) is 8.52. The van der Waals surface area contributed by atoms with Gasteiger partial charge in [-0.05, 0) is 54.6 Å². The monoisotopic (exact) mass is 435 g/mol. The van der Waals surface area contributed by atoms with Gasteiger partial charge in [-0.15, -0.1) is 0 Å². The normalized spacial score (nSPS) is 11.0. The molecule has 0 aliphatic heterocycles. The van der Waals surface area contributed by atoms with E-state index < -0.39 is 11.9 Å². The van der Waals surface area contributed by atoms with Crippen molar-refractivity contribution in [1.82, 2.24) is 0 Å². The highest BCUT2D eigenvalue weighted by molar-refractivity contribution is 6.36. The van der Waals surface area contributed by atoms with Crippen LogP contribution in [0.1, 0.15) is 16.1 Å². The van der Waals surface area contributed by atoms with Crippen molar-refractivity contribution in [2.45, 2.75) is 0 Å². The lowest BCUT2D eigenvalue weighted by molar-refractivity contribution is -0.111. The second-order valence-corrected chi connectivity index (χ2v) is 6.90. The number of hydrogen-bond acceptors (Lipinski definition) is 3. The van der Waals surface area contributed by atoms with Crippen LogP contribution in [0.15, 0.2) is 59.0 Å². The van der Waals surface area contributed by atoms with Gasteiger partial charge in [0.2, 0.25) is 5.91 Å². The standard InChI is InChI=1S/C20H12Cl3NO4/c21-11-1-5-14(16(22)9-11)18-7-3-13(28-18)4-8-19(25)24-12-2-6-15(20(26)27)17(23)10-12/h1-10H,(H,24,25)(H,26,27)/b8-4+. The average molecular weight is 437 g/mol. The van der Waals surface area contributed by atoms with Gasteiger partial charge >= 0.3 is 5.97 Å². The lowest BCUT2D eigenvalue weighted by Crippen LogP contribution is -2.08. The number of aromatic carboxylic acids is 1. The van der Waals surface area contributed by atoms with Crippen molar-refractivity contribution >= 4 is 58.4 Å². The van der Waals surface area contributed by atoms with Gasteiger partial charge in [-0.25, -0.2) is 4.79 Å². The van der Waals surface area contributed by atoms with E-state index in [0.717, 1.165) is 0 Å². The molecule has 0 unspecified atom stereocenters. The largest absolute Gasteiger partial charge is 0.478 e. The van der Waals surface area contributed by atoms with E-state index >= 15 is 0 Å². The molecule has 1 amide bonds. The maximum atomic E-state index is 12.0. The summed E-state index contributed by atoms with van der Waals surface area (Å²) in [5, 5.41) is 12.6. The number of halogens is 3. The third-order valence-electron chi connectivity index (χ3n) is 3.69. The van der Waals surface area contributed by atoms with Gasteiger partial charge in [0.15, 0.2) is 0 Å². The molecular formula is C20H12Cl3NO4. The quantitative estimate of drug-likeness (QED) is 0.463. The van der Waals surface area contributed by atoms with Gasteiger partial charge in [-0.3, -0.25) is 4.79 Å². The van der Waals surface area contributed by atoms with Gasteiger partial charge in [0.1, 0.15) is 11.5 Å². The summed E-state index contributed by atoms with van der Waals surface area (Å²) in [6.45, 7) is 0. The Morgan fingerprint density at radius 3 is 2.43 bits per heavy atom.